The minimum absolute atomic E-state index is 0.0987. The fourth-order valence-electron chi connectivity index (χ4n) is 2.72. The van der Waals surface area contributed by atoms with Crippen LogP contribution in [0.3, 0.4) is 0 Å². The molecule has 0 bridgehead atoms. The second-order valence-corrected chi connectivity index (χ2v) is 6.03. The lowest BCUT2D eigenvalue weighted by Crippen LogP contribution is -2.49. The highest BCUT2D eigenvalue weighted by molar-refractivity contribution is 5.94. The van der Waals surface area contributed by atoms with Crippen LogP contribution in [-0.4, -0.2) is 72.7 Å². The molecule has 0 aromatic heterocycles. The quantitative estimate of drug-likeness (QED) is 0.790. The van der Waals surface area contributed by atoms with Crippen molar-refractivity contribution in [2.24, 2.45) is 0 Å². The van der Waals surface area contributed by atoms with Gasteiger partial charge in [-0.1, -0.05) is 0 Å². The van der Waals surface area contributed by atoms with Crippen LogP contribution in [0.25, 0.3) is 0 Å². The van der Waals surface area contributed by atoms with Crippen molar-refractivity contribution in [1.29, 1.82) is 0 Å². The number of alkyl halides is 3. The number of carbonyl (C=O) groups is 2. The lowest BCUT2D eigenvalue weighted by Gasteiger charge is -2.34. The van der Waals surface area contributed by atoms with E-state index < -0.39 is 35.5 Å². The Kier molecular flexibility index (Phi) is 6.19. The summed E-state index contributed by atoms with van der Waals surface area (Å²) in [7, 11) is 1.58. The Hall–Kier alpha value is -2.20. The molecule has 0 saturated carbocycles. The molecule has 1 fully saturated rings. The van der Waals surface area contributed by atoms with E-state index in [0.717, 1.165) is 6.07 Å². The first-order chi connectivity index (χ1) is 12.1. The van der Waals surface area contributed by atoms with Gasteiger partial charge in [-0.05, 0) is 25.2 Å². The van der Waals surface area contributed by atoms with Gasteiger partial charge in [0.15, 0.2) is 0 Å². The molecule has 26 heavy (non-hydrogen) atoms. The van der Waals surface area contributed by atoms with Crippen LogP contribution in [0.5, 0.6) is 0 Å². The van der Waals surface area contributed by atoms with Crippen molar-refractivity contribution in [1.82, 2.24) is 9.80 Å². The van der Waals surface area contributed by atoms with E-state index in [1.54, 1.807) is 7.05 Å². The van der Waals surface area contributed by atoms with Gasteiger partial charge in [0.2, 0.25) is 0 Å². The summed E-state index contributed by atoms with van der Waals surface area (Å²) >= 11 is 0. The van der Waals surface area contributed by atoms with Gasteiger partial charge in [0.1, 0.15) is 5.82 Å². The van der Waals surface area contributed by atoms with Gasteiger partial charge in [-0.3, -0.25) is 14.5 Å². The number of likely N-dealkylation sites (N-methyl/N-ethyl adjacent to an activating group) is 1. The van der Waals surface area contributed by atoms with Crippen LogP contribution in [0.15, 0.2) is 18.2 Å². The summed E-state index contributed by atoms with van der Waals surface area (Å²) in [4.78, 5) is 26.0. The molecule has 1 aromatic carbocycles. The zero-order chi connectivity index (χ0) is 19.5. The number of carboxylic acid groups (broad SMARTS) is 1. The van der Waals surface area contributed by atoms with Gasteiger partial charge in [-0.25, -0.2) is 4.39 Å². The van der Waals surface area contributed by atoms with Crippen molar-refractivity contribution in [3.05, 3.63) is 35.1 Å². The summed E-state index contributed by atoms with van der Waals surface area (Å²) in [6.45, 7) is 0.483. The topological polar surface area (TPSA) is 70.1 Å². The summed E-state index contributed by atoms with van der Waals surface area (Å²) in [6, 6.07) is 2.13. The minimum atomic E-state index is -4.90. The molecule has 10 heteroatoms. The molecule has 1 aliphatic heterocycles. The number of ether oxygens (including phenoxy) is 1. The third-order valence-electron chi connectivity index (χ3n) is 3.87. The smallest absolute Gasteiger partial charge is 0.419 e. The lowest BCUT2D eigenvalue weighted by atomic mass is 10.1. The fraction of sp³-hybridized carbons (Fsp3) is 0.500. The Morgan fingerprint density at radius 2 is 2.08 bits per heavy atom. The van der Waals surface area contributed by atoms with Crippen molar-refractivity contribution < 1.29 is 37.0 Å². The normalized spacial score (nSPS) is 18.2. The minimum Gasteiger partial charge on any atom is -0.480 e. The Balaban J connectivity index is 2.08. The molecule has 1 N–H and O–H groups in total. The highest BCUT2D eigenvalue weighted by Gasteiger charge is 2.35. The Morgan fingerprint density at radius 1 is 1.38 bits per heavy atom. The van der Waals surface area contributed by atoms with Crippen LogP contribution in [0.1, 0.15) is 15.9 Å². The summed E-state index contributed by atoms with van der Waals surface area (Å²) in [5, 5.41) is 8.75. The molecule has 144 valence electrons. The highest BCUT2D eigenvalue weighted by Crippen LogP contribution is 2.32. The van der Waals surface area contributed by atoms with Crippen molar-refractivity contribution in [3.63, 3.8) is 0 Å². The average Bonchev–Trinajstić information content (AvgIpc) is 2.53. The van der Waals surface area contributed by atoms with Crippen molar-refractivity contribution in [2.45, 2.75) is 12.3 Å². The van der Waals surface area contributed by atoms with E-state index in [1.807, 2.05) is 0 Å². The molecule has 1 unspecified atom stereocenters. The van der Waals surface area contributed by atoms with Gasteiger partial charge in [-0.15, -0.1) is 0 Å². The monoisotopic (exact) mass is 378 g/mol. The average molecular weight is 378 g/mol. The van der Waals surface area contributed by atoms with E-state index in [9.17, 15) is 27.2 Å². The van der Waals surface area contributed by atoms with Gasteiger partial charge in [0.25, 0.3) is 5.91 Å². The van der Waals surface area contributed by atoms with Crippen LogP contribution >= 0.6 is 0 Å². The number of hydrogen-bond donors (Lipinski definition) is 1. The Labute approximate surface area is 146 Å². The first-order valence-electron chi connectivity index (χ1n) is 7.76. The molecule has 1 aromatic rings. The number of hydrogen-bond acceptors (Lipinski definition) is 4. The van der Waals surface area contributed by atoms with Gasteiger partial charge in [0, 0.05) is 25.2 Å². The molecule has 1 heterocycles. The third-order valence-corrected chi connectivity index (χ3v) is 3.87. The molecule has 0 radical (unpaired) electrons. The Bertz CT molecular complexity index is 681. The predicted molar refractivity (Wildman–Crippen MR) is 82.2 cm³/mol. The van der Waals surface area contributed by atoms with Gasteiger partial charge in [-0.2, -0.15) is 13.2 Å². The molecular weight excluding hydrogens is 360 g/mol. The van der Waals surface area contributed by atoms with E-state index in [1.165, 1.54) is 9.80 Å². The van der Waals surface area contributed by atoms with E-state index in [0.29, 0.717) is 12.1 Å². The maximum atomic E-state index is 13.4. The van der Waals surface area contributed by atoms with Crippen LogP contribution in [0, 0.1) is 5.82 Å². The second-order valence-electron chi connectivity index (χ2n) is 6.03. The van der Waals surface area contributed by atoms with E-state index in [2.05, 4.69) is 0 Å². The van der Waals surface area contributed by atoms with Gasteiger partial charge in [0.05, 0.1) is 24.8 Å². The number of morpholine rings is 1. The Morgan fingerprint density at radius 3 is 2.69 bits per heavy atom. The number of carbonyl (C=O) groups excluding carboxylic acids is 1. The van der Waals surface area contributed by atoms with Crippen molar-refractivity contribution in [2.75, 3.05) is 39.8 Å². The lowest BCUT2D eigenvalue weighted by molar-refractivity contribution is -0.140. The molecule has 2 rings (SSSR count). The van der Waals surface area contributed by atoms with Gasteiger partial charge >= 0.3 is 12.1 Å². The number of rotatable bonds is 5. The molecule has 0 spiro atoms. The largest absolute Gasteiger partial charge is 0.480 e. The first kappa shape index (κ1) is 20.1. The zero-order valence-corrected chi connectivity index (χ0v) is 13.9. The molecule has 1 aliphatic rings. The molecule has 1 saturated heterocycles. The summed E-state index contributed by atoms with van der Waals surface area (Å²) in [5.74, 6) is -3.11. The first-order valence-corrected chi connectivity index (χ1v) is 7.76. The van der Waals surface area contributed by atoms with E-state index in [-0.39, 0.29) is 38.3 Å². The predicted octanol–water partition coefficient (Wildman–Crippen LogP) is 1.70. The van der Waals surface area contributed by atoms with Crippen molar-refractivity contribution in [3.8, 4) is 0 Å². The standard InChI is InChI=1S/C16H18F4N2O4/c1-21(9-14(23)24)7-11-8-22(4-5-26-11)15(25)10-2-3-13(17)12(6-10)16(18,19)20/h2-3,6,11H,4-5,7-9H2,1H3,(H,23,24). The second kappa shape index (κ2) is 8.00. The molecular formula is C16H18F4N2O4. The third kappa shape index (κ3) is 5.15. The van der Waals surface area contributed by atoms with Crippen LogP contribution < -0.4 is 0 Å². The summed E-state index contributed by atoms with van der Waals surface area (Å²) in [5.41, 5.74) is -1.76. The summed E-state index contributed by atoms with van der Waals surface area (Å²) < 4.78 is 57.3. The summed E-state index contributed by atoms with van der Waals surface area (Å²) in [6.07, 6.45) is -5.37. The fourth-order valence-corrected chi connectivity index (χ4v) is 2.72. The SMILES string of the molecule is CN(CC(=O)O)CC1CN(C(=O)c2ccc(F)c(C(F)(F)F)c2)CCO1. The number of halogens is 4. The number of amides is 1. The number of nitrogens with zero attached hydrogens (tertiary/aromatic N) is 2. The number of benzene rings is 1. The highest BCUT2D eigenvalue weighted by atomic mass is 19.4. The van der Waals surface area contributed by atoms with E-state index >= 15 is 0 Å². The van der Waals surface area contributed by atoms with Crippen LogP contribution in [0.2, 0.25) is 0 Å². The number of aliphatic carboxylic acids is 1. The van der Waals surface area contributed by atoms with E-state index in [4.69, 9.17) is 9.84 Å². The molecule has 6 nitrogen and oxygen atoms in total. The maximum absolute atomic E-state index is 13.4. The maximum Gasteiger partial charge on any atom is 0.419 e. The van der Waals surface area contributed by atoms with Crippen molar-refractivity contribution >= 4 is 11.9 Å². The number of carboxylic acids is 1. The molecule has 1 atom stereocenters. The van der Waals surface area contributed by atoms with Crippen LogP contribution in [0.4, 0.5) is 17.6 Å². The molecule has 1 amide bonds. The molecule has 0 aliphatic carbocycles. The zero-order valence-electron chi connectivity index (χ0n) is 13.9. The van der Waals surface area contributed by atoms with Crippen LogP contribution in [-0.2, 0) is 15.7 Å². The van der Waals surface area contributed by atoms with Gasteiger partial charge < -0.3 is 14.7 Å².